The fourth-order valence-electron chi connectivity index (χ4n) is 2.79. The molecule has 5 nitrogen and oxygen atoms in total. The highest BCUT2D eigenvalue weighted by Gasteiger charge is 2.20. The molecule has 0 bridgehead atoms. The second kappa shape index (κ2) is 9.39. The Balaban J connectivity index is 0.00000225. The first kappa shape index (κ1) is 19.2. The van der Waals surface area contributed by atoms with E-state index in [1.807, 2.05) is 24.3 Å². The van der Waals surface area contributed by atoms with E-state index in [9.17, 15) is 4.79 Å². The summed E-state index contributed by atoms with van der Waals surface area (Å²) in [7, 11) is 0. The van der Waals surface area contributed by atoms with Crippen molar-refractivity contribution in [3.8, 4) is 11.6 Å². The lowest BCUT2D eigenvalue weighted by Gasteiger charge is -2.21. The SMILES string of the molecule is CCc1cccc(Oc2ccc(NC(=O)C3CCNCC3)cn2)c1.Cl. The number of nitrogens with one attached hydrogen (secondary N) is 2. The van der Waals surface area contributed by atoms with Crippen LogP contribution in [-0.4, -0.2) is 24.0 Å². The van der Waals surface area contributed by atoms with Crippen molar-refractivity contribution >= 4 is 24.0 Å². The molecule has 0 radical (unpaired) electrons. The van der Waals surface area contributed by atoms with Crippen LogP contribution in [0.5, 0.6) is 11.6 Å². The average molecular weight is 362 g/mol. The predicted molar refractivity (Wildman–Crippen MR) is 102 cm³/mol. The Kier molecular flexibility index (Phi) is 7.22. The third kappa shape index (κ3) is 5.44. The average Bonchev–Trinajstić information content (AvgIpc) is 2.64. The van der Waals surface area contributed by atoms with Crippen molar-refractivity contribution in [2.45, 2.75) is 26.2 Å². The number of pyridine rings is 1. The minimum atomic E-state index is 0. The number of anilines is 1. The molecule has 0 aliphatic carbocycles. The molecule has 1 amide bonds. The van der Waals surface area contributed by atoms with E-state index in [-0.39, 0.29) is 24.2 Å². The van der Waals surface area contributed by atoms with E-state index in [2.05, 4.69) is 28.6 Å². The summed E-state index contributed by atoms with van der Waals surface area (Å²) in [5.41, 5.74) is 1.92. The Hall–Kier alpha value is -2.11. The van der Waals surface area contributed by atoms with Crippen LogP contribution in [0.25, 0.3) is 0 Å². The van der Waals surface area contributed by atoms with Gasteiger partial charge in [0, 0.05) is 12.0 Å². The van der Waals surface area contributed by atoms with Gasteiger partial charge in [0.1, 0.15) is 5.75 Å². The lowest BCUT2D eigenvalue weighted by Crippen LogP contribution is -2.34. The van der Waals surface area contributed by atoms with Gasteiger partial charge < -0.3 is 15.4 Å². The molecule has 6 heteroatoms. The molecule has 3 rings (SSSR count). The smallest absolute Gasteiger partial charge is 0.227 e. The molecule has 1 aromatic heterocycles. The molecule has 25 heavy (non-hydrogen) atoms. The molecule has 2 heterocycles. The van der Waals surface area contributed by atoms with Crippen LogP contribution in [0.2, 0.25) is 0 Å². The van der Waals surface area contributed by atoms with Gasteiger partial charge in [-0.1, -0.05) is 19.1 Å². The number of piperidine rings is 1. The van der Waals surface area contributed by atoms with Crippen LogP contribution in [0.4, 0.5) is 5.69 Å². The largest absolute Gasteiger partial charge is 0.439 e. The highest BCUT2D eigenvalue weighted by atomic mass is 35.5. The van der Waals surface area contributed by atoms with Gasteiger partial charge in [-0.05, 0) is 56.1 Å². The number of nitrogens with zero attached hydrogens (tertiary/aromatic N) is 1. The van der Waals surface area contributed by atoms with Crippen LogP contribution in [0.3, 0.4) is 0 Å². The highest BCUT2D eigenvalue weighted by molar-refractivity contribution is 5.92. The third-order valence-electron chi connectivity index (χ3n) is 4.24. The molecule has 1 aliphatic rings. The molecule has 0 atom stereocenters. The molecule has 1 fully saturated rings. The lowest BCUT2D eigenvalue weighted by molar-refractivity contribution is -0.120. The fourth-order valence-corrected chi connectivity index (χ4v) is 2.79. The van der Waals surface area contributed by atoms with Crippen LogP contribution in [0.1, 0.15) is 25.3 Å². The molecule has 2 N–H and O–H groups in total. The number of ether oxygens (including phenoxy) is 1. The number of hydrogen-bond donors (Lipinski definition) is 2. The maximum Gasteiger partial charge on any atom is 0.227 e. The van der Waals surface area contributed by atoms with Crippen molar-refractivity contribution in [2.75, 3.05) is 18.4 Å². The number of carbonyl (C=O) groups excluding carboxylic acids is 1. The quantitative estimate of drug-likeness (QED) is 0.850. The van der Waals surface area contributed by atoms with E-state index >= 15 is 0 Å². The van der Waals surface area contributed by atoms with Crippen LogP contribution < -0.4 is 15.4 Å². The first-order valence-electron chi connectivity index (χ1n) is 8.49. The van der Waals surface area contributed by atoms with Gasteiger partial charge in [-0.15, -0.1) is 12.4 Å². The van der Waals surface area contributed by atoms with Crippen LogP contribution in [0, 0.1) is 5.92 Å². The second-order valence-electron chi connectivity index (χ2n) is 6.00. The number of rotatable bonds is 5. The second-order valence-corrected chi connectivity index (χ2v) is 6.00. The number of halogens is 1. The van der Waals surface area contributed by atoms with E-state index in [1.165, 1.54) is 5.56 Å². The van der Waals surface area contributed by atoms with Gasteiger partial charge in [0.2, 0.25) is 11.8 Å². The molecule has 0 saturated carbocycles. The molecule has 2 aromatic rings. The van der Waals surface area contributed by atoms with E-state index < -0.39 is 0 Å². The first-order valence-corrected chi connectivity index (χ1v) is 8.49. The number of benzene rings is 1. The third-order valence-corrected chi connectivity index (χ3v) is 4.24. The Morgan fingerprint density at radius 1 is 1.28 bits per heavy atom. The van der Waals surface area contributed by atoms with E-state index in [4.69, 9.17) is 4.74 Å². The number of aromatic nitrogens is 1. The summed E-state index contributed by atoms with van der Waals surface area (Å²) < 4.78 is 5.77. The highest BCUT2D eigenvalue weighted by Crippen LogP contribution is 2.22. The minimum Gasteiger partial charge on any atom is -0.439 e. The van der Waals surface area contributed by atoms with Gasteiger partial charge in [0.05, 0.1) is 11.9 Å². The van der Waals surface area contributed by atoms with Crippen molar-refractivity contribution in [1.29, 1.82) is 0 Å². The molecule has 0 spiro atoms. The summed E-state index contributed by atoms with van der Waals surface area (Å²) in [5, 5.41) is 6.20. The summed E-state index contributed by atoms with van der Waals surface area (Å²) in [5.74, 6) is 1.44. The predicted octanol–water partition coefficient (Wildman–Crippen LogP) is 3.80. The molecular formula is C19H24ClN3O2. The van der Waals surface area contributed by atoms with Crippen molar-refractivity contribution in [3.63, 3.8) is 0 Å². The monoisotopic (exact) mass is 361 g/mol. The Labute approximate surface area is 154 Å². The number of carbonyl (C=O) groups is 1. The fraction of sp³-hybridized carbons (Fsp3) is 0.368. The van der Waals surface area contributed by atoms with Gasteiger partial charge in [-0.3, -0.25) is 4.79 Å². The zero-order valence-corrected chi connectivity index (χ0v) is 15.1. The minimum absolute atomic E-state index is 0. The number of amides is 1. The van der Waals surface area contributed by atoms with Gasteiger partial charge in [-0.25, -0.2) is 4.98 Å². The molecule has 1 aliphatic heterocycles. The van der Waals surface area contributed by atoms with Crippen molar-refractivity contribution in [2.24, 2.45) is 5.92 Å². The molecule has 1 aromatic carbocycles. The van der Waals surface area contributed by atoms with E-state index in [0.29, 0.717) is 11.6 Å². The molecular weight excluding hydrogens is 338 g/mol. The van der Waals surface area contributed by atoms with E-state index in [1.54, 1.807) is 12.3 Å². The van der Waals surface area contributed by atoms with E-state index in [0.717, 1.165) is 38.1 Å². The Morgan fingerprint density at radius 3 is 2.76 bits per heavy atom. The van der Waals surface area contributed by atoms with Gasteiger partial charge in [0.25, 0.3) is 0 Å². The maximum absolute atomic E-state index is 12.2. The number of hydrogen-bond acceptors (Lipinski definition) is 4. The van der Waals surface area contributed by atoms with Crippen LogP contribution >= 0.6 is 12.4 Å². The summed E-state index contributed by atoms with van der Waals surface area (Å²) in [6.07, 6.45) is 4.37. The molecule has 0 unspecified atom stereocenters. The molecule has 134 valence electrons. The topological polar surface area (TPSA) is 63.2 Å². The van der Waals surface area contributed by atoms with Crippen LogP contribution in [0.15, 0.2) is 42.6 Å². The summed E-state index contributed by atoms with van der Waals surface area (Å²) >= 11 is 0. The van der Waals surface area contributed by atoms with Crippen molar-refractivity contribution in [3.05, 3.63) is 48.2 Å². The summed E-state index contributed by atoms with van der Waals surface area (Å²) in [6.45, 7) is 3.91. The van der Waals surface area contributed by atoms with Crippen molar-refractivity contribution < 1.29 is 9.53 Å². The summed E-state index contributed by atoms with van der Waals surface area (Å²) in [4.78, 5) is 16.5. The van der Waals surface area contributed by atoms with Crippen LogP contribution in [-0.2, 0) is 11.2 Å². The zero-order valence-electron chi connectivity index (χ0n) is 14.3. The standard InChI is InChI=1S/C19H23N3O2.ClH/c1-2-14-4-3-5-17(12-14)24-18-7-6-16(13-21-18)22-19(23)15-8-10-20-11-9-15;/h3-7,12-13,15,20H,2,8-11H2,1H3,(H,22,23);1H. The van der Waals surface area contributed by atoms with Gasteiger partial charge >= 0.3 is 0 Å². The first-order chi connectivity index (χ1) is 11.7. The Bertz CT molecular complexity index is 685. The van der Waals surface area contributed by atoms with Gasteiger partial charge in [0.15, 0.2) is 0 Å². The zero-order chi connectivity index (χ0) is 16.8. The van der Waals surface area contributed by atoms with Crippen molar-refractivity contribution in [1.82, 2.24) is 10.3 Å². The normalized spacial score (nSPS) is 14.4. The maximum atomic E-state index is 12.2. The summed E-state index contributed by atoms with van der Waals surface area (Å²) in [6, 6.07) is 11.6. The molecule has 1 saturated heterocycles. The van der Waals surface area contributed by atoms with Gasteiger partial charge in [-0.2, -0.15) is 0 Å². The Morgan fingerprint density at radius 2 is 2.08 bits per heavy atom. The number of aryl methyl sites for hydroxylation is 1. The lowest BCUT2D eigenvalue weighted by atomic mass is 9.97.